The lowest BCUT2D eigenvalue weighted by Crippen LogP contribution is -2.50. The van der Waals surface area contributed by atoms with Gasteiger partial charge >= 0.3 is 5.97 Å². The summed E-state index contributed by atoms with van der Waals surface area (Å²) in [5, 5.41) is 3.50. The molecule has 0 spiro atoms. The third-order valence-corrected chi connectivity index (χ3v) is 8.75. The molecule has 1 unspecified atom stereocenters. The topological polar surface area (TPSA) is 96.0 Å². The van der Waals surface area contributed by atoms with E-state index in [9.17, 15) is 18.0 Å². The van der Waals surface area contributed by atoms with Crippen molar-refractivity contribution in [3.8, 4) is 0 Å². The van der Waals surface area contributed by atoms with Gasteiger partial charge in [0.25, 0.3) is 0 Å². The number of hydrogen-bond acceptors (Lipinski definition) is 7. The zero-order valence-electron chi connectivity index (χ0n) is 17.9. The Morgan fingerprint density at radius 3 is 2.53 bits per heavy atom. The van der Waals surface area contributed by atoms with Gasteiger partial charge in [-0.15, -0.1) is 11.3 Å². The summed E-state index contributed by atoms with van der Waals surface area (Å²) < 4.78 is 30.7. The highest BCUT2D eigenvalue weighted by atomic mass is 32.2. The van der Waals surface area contributed by atoms with E-state index in [2.05, 4.69) is 12.2 Å². The van der Waals surface area contributed by atoms with Gasteiger partial charge in [-0.05, 0) is 44.6 Å². The number of esters is 1. The standard InChI is InChI=1S/C20H31N3O5S2/c1-4-28-20(25)18-15-7-6-14(3)12-16(15)29-19(18)21-17(24)13-22-8-10-23(11-9-22)30(26,27)5-2/h14H,4-13H2,1-3H3,(H,21,24). The maximum Gasteiger partial charge on any atom is 0.341 e. The van der Waals surface area contributed by atoms with Crippen LogP contribution in [0.2, 0.25) is 0 Å². The Morgan fingerprint density at radius 2 is 1.90 bits per heavy atom. The molecule has 168 valence electrons. The van der Waals surface area contributed by atoms with Crippen LogP contribution >= 0.6 is 11.3 Å². The van der Waals surface area contributed by atoms with E-state index in [0.717, 1.165) is 29.7 Å². The Hall–Kier alpha value is -1.49. The average Bonchev–Trinajstić information content (AvgIpc) is 3.05. The Bertz CT molecular complexity index is 888. The molecule has 0 bridgehead atoms. The van der Waals surface area contributed by atoms with Crippen molar-refractivity contribution in [2.45, 2.75) is 40.0 Å². The van der Waals surface area contributed by atoms with Crippen LogP contribution in [0.15, 0.2) is 0 Å². The van der Waals surface area contributed by atoms with Crippen LogP contribution in [-0.4, -0.2) is 74.6 Å². The fourth-order valence-corrected chi connectivity index (χ4v) is 6.48. The fourth-order valence-electron chi connectivity index (χ4n) is 3.98. The number of piperazine rings is 1. The fraction of sp³-hybridized carbons (Fsp3) is 0.700. The van der Waals surface area contributed by atoms with Crippen molar-refractivity contribution in [2.75, 3.05) is 50.4 Å². The van der Waals surface area contributed by atoms with Crippen molar-refractivity contribution in [1.82, 2.24) is 9.21 Å². The molecule has 3 rings (SSSR count). The number of amides is 1. The minimum Gasteiger partial charge on any atom is -0.462 e. The molecule has 1 atom stereocenters. The maximum atomic E-state index is 12.7. The molecule has 8 nitrogen and oxygen atoms in total. The van der Waals surface area contributed by atoms with E-state index in [1.807, 2.05) is 4.90 Å². The molecular formula is C20H31N3O5S2. The number of nitrogens with one attached hydrogen (secondary N) is 1. The smallest absolute Gasteiger partial charge is 0.341 e. The first-order valence-corrected chi connectivity index (χ1v) is 13.0. The lowest BCUT2D eigenvalue weighted by molar-refractivity contribution is -0.117. The van der Waals surface area contributed by atoms with Crippen LogP contribution in [0.4, 0.5) is 5.00 Å². The predicted octanol–water partition coefficient (Wildman–Crippen LogP) is 1.96. The second-order valence-corrected chi connectivity index (χ2v) is 11.3. The van der Waals surface area contributed by atoms with Gasteiger partial charge in [0.15, 0.2) is 0 Å². The number of fused-ring (bicyclic) bond motifs is 1. The number of hydrogen-bond donors (Lipinski definition) is 1. The van der Waals surface area contributed by atoms with Gasteiger partial charge in [0.1, 0.15) is 5.00 Å². The van der Waals surface area contributed by atoms with Gasteiger partial charge in [0, 0.05) is 31.1 Å². The van der Waals surface area contributed by atoms with Gasteiger partial charge in [0.05, 0.1) is 24.5 Å². The van der Waals surface area contributed by atoms with Crippen molar-refractivity contribution in [2.24, 2.45) is 5.92 Å². The summed E-state index contributed by atoms with van der Waals surface area (Å²) in [7, 11) is -3.19. The molecule has 2 heterocycles. The molecule has 1 N–H and O–H groups in total. The first kappa shape index (κ1) is 23.2. The predicted molar refractivity (Wildman–Crippen MR) is 118 cm³/mol. The lowest BCUT2D eigenvalue weighted by atomic mass is 9.88. The molecule has 0 saturated carbocycles. The van der Waals surface area contributed by atoms with Crippen LogP contribution in [0.3, 0.4) is 0 Å². The molecule has 1 aromatic heterocycles. The molecular weight excluding hydrogens is 426 g/mol. The van der Waals surface area contributed by atoms with Crippen LogP contribution in [0, 0.1) is 5.92 Å². The number of sulfonamides is 1. The molecule has 30 heavy (non-hydrogen) atoms. The number of anilines is 1. The second-order valence-electron chi connectivity index (χ2n) is 7.90. The van der Waals surface area contributed by atoms with E-state index < -0.39 is 10.0 Å². The van der Waals surface area contributed by atoms with E-state index in [4.69, 9.17) is 4.74 Å². The van der Waals surface area contributed by atoms with Gasteiger partial charge < -0.3 is 10.1 Å². The van der Waals surface area contributed by atoms with Crippen molar-refractivity contribution < 1.29 is 22.7 Å². The number of rotatable bonds is 7. The first-order chi connectivity index (χ1) is 14.2. The van der Waals surface area contributed by atoms with Gasteiger partial charge in [-0.3, -0.25) is 9.69 Å². The minimum absolute atomic E-state index is 0.0891. The number of thiophene rings is 1. The van der Waals surface area contributed by atoms with Crippen LogP contribution in [0.5, 0.6) is 0 Å². The largest absolute Gasteiger partial charge is 0.462 e. The van der Waals surface area contributed by atoms with Gasteiger partial charge in [-0.25, -0.2) is 13.2 Å². The highest BCUT2D eigenvalue weighted by molar-refractivity contribution is 7.89. The molecule has 0 radical (unpaired) electrons. The van der Waals surface area contributed by atoms with Crippen molar-refractivity contribution in [1.29, 1.82) is 0 Å². The van der Waals surface area contributed by atoms with Gasteiger partial charge in [-0.1, -0.05) is 6.92 Å². The van der Waals surface area contributed by atoms with Crippen LogP contribution in [0.25, 0.3) is 0 Å². The second kappa shape index (κ2) is 9.76. The number of nitrogens with zero attached hydrogens (tertiary/aromatic N) is 2. The monoisotopic (exact) mass is 457 g/mol. The van der Waals surface area contributed by atoms with E-state index in [1.165, 1.54) is 15.6 Å². The van der Waals surface area contributed by atoms with E-state index >= 15 is 0 Å². The summed E-state index contributed by atoms with van der Waals surface area (Å²) in [4.78, 5) is 28.4. The number of carbonyl (C=O) groups is 2. The van der Waals surface area contributed by atoms with Gasteiger partial charge in [-0.2, -0.15) is 4.31 Å². The molecule has 1 saturated heterocycles. The third-order valence-electron chi connectivity index (χ3n) is 5.70. The number of carbonyl (C=O) groups excluding carboxylic acids is 2. The van der Waals surface area contributed by atoms with Crippen LogP contribution < -0.4 is 5.32 Å². The molecule has 0 aromatic carbocycles. The molecule has 1 aliphatic carbocycles. The quantitative estimate of drug-likeness (QED) is 0.629. The third kappa shape index (κ3) is 5.22. The van der Waals surface area contributed by atoms with E-state index in [0.29, 0.717) is 42.7 Å². The maximum absolute atomic E-state index is 12.7. The Balaban J connectivity index is 1.66. The molecule has 1 aliphatic heterocycles. The average molecular weight is 458 g/mol. The zero-order chi connectivity index (χ0) is 21.9. The highest BCUT2D eigenvalue weighted by Crippen LogP contribution is 2.40. The molecule has 10 heteroatoms. The molecule has 1 amide bonds. The molecule has 2 aliphatic rings. The van der Waals surface area contributed by atoms with Crippen molar-refractivity contribution >= 4 is 38.2 Å². The summed E-state index contributed by atoms with van der Waals surface area (Å²) in [6.45, 7) is 7.87. The minimum atomic E-state index is -3.19. The summed E-state index contributed by atoms with van der Waals surface area (Å²) >= 11 is 1.48. The first-order valence-electron chi connectivity index (χ1n) is 10.6. The van der Waals surface area contributed by atoms with E-state index in [-0.39, 0.29) is 30.8 Å². The Labute approximate surface area is 182 Å². The van der Waals surface area contributed by atoms with Crippen molar-refractivity contribution in [3.63, 3.8) is 0 Å². The van der Waals surface area contributed by atoms with Crippen molar-refractivity contribution in [3.05, 3.63) is 16.0 Å². The molecule has 1 fully saturated rings. The van der Waals surface area contributed by atoms with E-state index in [1.54, 1.807) is 13.8 Å². The summed E-state index contributed by atoms with van der Waals surface area (Å²) in [6, 6.07) is 0. The van der Waals surface area contributed by atoms with Crippen LogP contribution in [0.1, 0.15) is 48.0 Å². The lowest BCUT2D eigenvalue weighted by Gasteiger charge is -2.33. The summed E-state index contributed by atoms with van der Waals surface area (Å²) in [6.07, 6.45) is 2.76. The highest BCUT2D eigenvalue weighted by Gasteiger charge is 2.30. The number of ether oxygens (including phenoxy) is 1. The van der Waals surface area contributed by atoms with Crippen LogP contribution in [-0.2, 0) is 32.4 Å². The Morgan fingerprint density at radius 1 is 1.20 bits per heavy atom. The zero-order valence-corrected chi connectivity index (χ0v) is 19.5. The van der Waals surface area contributed by atoms with Gasteiger partial charge in [0.2, 0.25) is 15.9 Å². The Kier molecular flexibility index (Phi) is 7.54. The summed E-state index contributed by atoms with van der Waals surface area (Å²) in [5.41, 5.74) is 1.53. The normalized spacial score (nSPS) is 20.6. The molecule has 1 aromatic rings. The summed E-state index contributed by atoms with van der Waals surface area (Å²) in [5.74, 6) is 0.0777. The SMILES string of the molecule is CCOC(=O)c1c(NC(=O)CN2CCN(S(=O)(=O)CC)CC2)sc2c1CCC(C)C2.